The number of nitrogens with one attached hydrogen (secondary N) is 2. The van der Waals surface area contributed by atoms with Gasteiger partial charge in [-0.25, -0.2) is 4.99 Å². The molecule has 2 aromatic rings. The molecule has 1 aromatic carbocycles. The van der Waals surface area contributed by atoms with E-state index in [0.717, 1.165) is 60.7 Å². The largest absolute Gasteiger partial charge is 0.357 e. The van der Waals surface area contributed by atoms with E-state index < -0.39 is 0 Å². The minimum absolute atomic E-state index is 0.618. The number of aliphatic imine (C=N–C) groups is 1. The van der Waals surface area contributed by atoms with E-state index in [1.165, 1.54) is 19.3 Å². The standard InChI is InChI=1S/C19H27ClN6/c1-2-21-19(23-14-15-7-9-16(20)10-8-15)22-12-11-18-25-24-17-6-4-3-5-13-26(17)18/h7-10H,2-6,11-14H2,1H3,(H2,21,22,23). The maximum Gasteiger partial charge on any atom is 0.191 e. The molecule has 1 aromatic heterocycles. The van der Waals surface area contributed by atoms with E-state index in [-0.39, 0.29) is 0 Å². The monoisotopic (exact) mass is 374 g/mol. The molecular weight excluding hydrogens is 348 g/mol. The predicted octanol–water partition coefficient (Wildman–Crippen LogP) is 2.96. The van der Waals surface area contributed by atoms with E-state index in [9.17, 15) is 0 Å². The van der Waals surface area contributed by atoms with Crippen molar-refractivity contribution >= 4 is 17.6 Å². The van der Waals surface area contributed by atoms with Crippen molar-refractivity contribution in [2.45, 2.75) is 52.1 Å². The predicted molar refractivity (Wildman–Crippen MR) is 106 cm³/mol. The van der Waals surface area contributed by atoms with Gasteiger partial charge in [-0.3, -0.25) is 0 Å². The molecule has 3 rings (SSSR count). The van der Waals surface area contributed by atoms with Crippen LogP contribution < -0.4 is 10.6 Å². The zero-order valence-electron chi connectivity index (χ0n) is 15.3. The Morgan fingerprint density at radius 3 is 2.81 bits per heavy atom. The molecule has 0 saturated carbocycles. The molecule has 0 aliphatic carbocycles. The van der Waals surface area contributed by atoms with Crippen LogP contribution in [0.1, 0.15) is 43.4 Å². The summed E-state index contributed by atoms with van der Waals surface area (Å²) < 4.78 is 2.30. The van der Waals surface area contributed by atoms with Crippen LogP contribution in [0, 0.1) is 0 Å². The fourth-order valence-electron chi connectivity index (χ4n) is 3.12. The number of rotatable bonds is 6. The molecule has 6 nitrogen and oxygen atoms in total. The highest BCUT2D eigenvalue weighted by Crippen LogP contribution is 2.14. The Hall–Kier alpha value is -2.08. The third-order valence-electron chi connectivity index (χ3n) is 4.50. The maximum absolute atomic E-state index is 5.93. The van der Waals surface area contributed by atoms with Gasteiger partial charge in [0.05, 0.1) is 6.54 Å². The fraction of sp³-hybridized carbons (Fsp3) is 0.526. The molecule has 0 bridgehead atoms. The van der Waals surface area contributed by atoms with Crippen LogP contribution in [0.5, 0.6) is 0 Å². The van der Waals surface area contributed by atoms with Crippen LogP contribution in [-0.4, -0.2) is 33.8 Å². The van der Waals surface area contributed by atoms with Crippen LogP contribution in [0.15, 0.2) is 29.3 Å². The van der Waals surface area contributed by atoms with E-state index in [0.29, 0.717) is 6.54 Å². The first-order valence-electron chi connectivity index (χ1n) is 9.44. The Morgan fingerprint density at radius 1 is 1.15 bits per heavy atom. The molecule has 7 heteroatoms. The maximum atomic E-state index is 5.93. The van der Waals surface area contributed by atoms with Crippen LogP contribution in [0.2, 0.25) is 5.02 Å². The Labute approximate surface area is 160 Å². The van der Waals surface area contributed by atoms with E-state index in [2.05, 4.69) is 37.3 Å². The van der Waals surface area contributed by atoms with Crippen LogP contribution in [0.25, 0.3) is 0 Å². The lowest BCUT2D eigenvalue weighted by atomic mass is 10.2. The Balaban J connectivity index is 1.54. The van der Waals surface area contributed by atoms with Gasteiger partial charge in [-0.05, 0) is 37.5 Å². The van der Waals surface area contributed by atoms with Crippen molar-refractivity contribution in [2.75, 3.05) is 13.1 Å². The summed E-state index contributed by atoms with van der Waals surface area (Å²) in [5, 5.41) is 16.2. The normalized spacial score (nSPS) is 14.6. The van der Waals surface area contributed by atoms with Crippen molar-refractivity contribution < 1.29 is 0 Å². The summed E-state index contributed by atoms with van der Waals surface area (Å²) in [5.41, 5.74) is 1.13. The summed E-state index contributed by atoms with van der Waals surface area (Å²) in [4.78, 5) is 4.64. The molecular formula is C19H27ClN6. The molecule has 1 aliphatic heterocycles. The second-order valence-corrected chi connectivity index (χ2v) is 6.93. The SMILES string of the molecule is CCNC(=NCc1ccc(Cl)cc1)NCCc1nnc2n1CCCCC2. The number of aryl methyl sites for hydroxylation is 1. The molecule has 140 valence electrons. The van der Waals surface area contributed by atoms with Crippen molar-refractivity contribution in [1.29, 1.82) is 0 Å². The lowest BCUT2D eigenvalue weighted by Crippen LogP contribution is -2.38. The summed E-state index contributed by atoms with van der Waals surface area (Å²) in [6.07, 6.45) is 5.61. The zero-order valence-corrected chi connectivity index (χ0v) is 16.1. The molecule has 1 aliphatic rings. The zero-order chi connectivity index (χ0) is 18.2. The number of hydrogen-bond donors (Lipinski definition) is 2. The molecule has 0 fully saturated rings. The van der Waals surface area contributed by atoms with Gasteiger partial charge in [-0.1, -0.05) is 30.2 Å². The highest BCUT2D eigenvalue weighted by atomic mass is 35.5. The Kier molecular flexibility index (Phi) is 6.89. The molecule has 0 saturated heterocycles. The van der Waals surface area contributed by atoms with Gasteiger partial charge in [0.2, 0.25) is 0 Å². The molecule has 0 amide bonds. The van der Waals surface area contributed by atoms with Gasteiger partial charge < -0.3 is 15.2 Å². The average Bonchev–Trinajstić information content (AvgIpc) is 2.87. The van der Waals surface area contributed by atoms with E-state index >= 15 is 0 Å². The highest BCUT2D eigenvalue weighted by molar-refractivity contribution is 6.30. The van der Waals surface area contributed by atoms with E-state index in [1.807, 2.05) is 24.3 Å². The van der Waals surface area contributed by atoms with Gasteiger partial charge in [0.15, 0.2) is 5.96 Å². The van der Waals surface area contributed by atoms with E-state index in [1.54, 1.807) is 0 Å². The van der Waals surface area contributed by atoms with Crippen molar-refractivity contribution in [3.63, 3.8) is 0 Å². The Bertz CT molecular complexity index is 722. The number of fused-ring (bicyclic) bond motifs is 1. The van der Waals surface area contributed by atoms with Crippen molar-refractivity contribution in [2.24, 2.45) is 4.99 Å². The number of halogens is 1. The smallest absolute Gasteiger partial charge is 0.191 e. The van der Waals surface area contributed by atoms with Gasteiger partial charge in [0, 0.05) is 37.5 Å². The van der Waals surface area contributed by atoms with Crippen LogP contribution in [-0.2, 0) is 25.9 Å². The lowest BCUT2D eigenvalue weighted by molar-refractivity contribution is 0.600. The fourth-order valence-corrected chi connectivity index (χ4v) is 3.25. The lowest BCUT2D eigenvalue weighted by Gasteiger charge is -2.12. The first-order valence-corrected chi connectivity index (χ1v) is 9.81. The summed E-state index contributed by atoms with van der Waals surface area (Å²) in [5.74, 6) is 3.03. The minimum Gasteiger partial charge on any atom is -0.357 e. The molecule has 0 unspecified atom stereocenters. The first kappa shape index (κ1) is 18.7. The van der Waals surface area contributed by atoms with Crippen molar-refractivity contribution in [3.05, 3.63) is 46.5 Å². The average molecular weight is 375 g/mol. The molecule has 0 radical (unpaired) electrons. The molecule has 0 atom stereocenters. The summed E-state index contributed by atoms with van der Waals surface area (Å²) >= 11 is 5.93. The third-order valence-corrected chi connectivity index (χ3v) is 4.76. The highest BCUT2D eigenvalue weighted by Gasteiger charge is 2.14. The van der Waals surface area contributed by atoms with Crippen LogP contribution in [0.3, 0.4) is 0 Å². The second kappa shape index (κ2) is 9.57. The molecule has 0 spiro atoms. The quantitative estimate of drug-likeness (QED) is 0.602. The molecule has 2 heterocycles. The van der Waals surface area contributed by atoms with Gasteiger partial charge in [0.1, 0.15) is 11.6 Å². The van der Waals surface area contributed by atoms with Crippen molar-refractivity contribution in [3.8, 4) is 0 Å². The number of nitrogens with zero attached hydrogens (tertiary/aromatic N) is 4. The van der Waals surface area contributed by atoms with Gasteiger partial charge >= 0.3 is 0 Å². The Morgan fingerprint density at radius 2 is 2.00 bits per heavy atom. The van der Waals surface area contributed by atoms with Gasteiger partial charge in [-0.15, -0.1) is 10.2 Å². The number of guanidine groups is 1. The topological polar surface area (TPSA) is 67.1 Å². The minimum atomic E-state index is 0.618. The first-order chi connectivity index (χ1) is 12.8. The van der Waals surface area contributed by atoms with Crippen LogP contribution >= 0.6 is 11.6 Å². The summed E-state index contributed by atoms with van der Waals surface area (Å²) in [6, 6.07) is 7.79. The third kappa shape index (κ3) is 5.21. The summed E-state index contributed by atoms with van der Waals surface area (Å²) in [6.45, 7) is 5.34. The number of aromatic nitrogens is 3. The number of hydrogen-bond acceptors (Lipinski definition) is 3. The molecule has 2 N–H and O–H groups in total. The molecule has 26 heavy (non-hydrogen) atoms. The van der Waals surface area contributed by atoms with Gasteiger partial charge in [-0.2, -0.15) is 0 Å². The van der Waals surface area contributed by atoms with Crippen molar-refractivity contribution in [1.82, 2.24) is 25.4 Å². The second-order valence-electron chi connectivity index (χ2n) is 6.49. The van der Waals surface area contributed by atoms with Crippen LogP contribution in [0.4, 0.5) is 0 Å². The summed E-state index contributed by atoms with van der Waals surface area (Å²) in [7, 11) is 0. The number of benzene rings is 1. The van der Waals surface area contributed by atoms with Gasteiger partial charge in [0.25, 0.3) is 0 Å². The van der Waals surface area contributed by atoms with E-state index in [4.69, 9.17) is 11.6 Å².